The number of hydrogen-bond acceptors (Lipinski definition) is 4. The summed E-state index contributed by atoms with van der Waals surface area (Å²) in [6.07, 6.45) is 0. The van der Waals surface area contributed by atoms with E-state index in [0.29, 0.717) is 21.8 Å². The van der Waals surface area contributed by atoms with Crippen molar-refractivity contribution in [2.24, 2.45) is 0 Å². The smallest absolute Gasteiger partial charge is 0.247 e. The lowest BCUT2D eigenvalue weighted by Crippen LogP contribution is -2.13. The summed E-state index contributed by atoms with van der Waals surface area (Å²) in [5.74, 6) is -0.555. The zero-order valence-corrected chi connectivity index (χ0v) is 17.2. The molecule has 0 amide bonds. The van der Waals surface area contributed by atoms with E-state index in [1.54, 1.807) is 18.2 Å². The minimum Gasteiger partial charge on any atom is -0.418 e. The molecule has 1 heterocycles. The molecular weight excluding hydrogens is 431 g/mol. The number of hydrogen-bond donors (Lipinski definition) is 1. The Morgan fingerprint density at radius 2 is 1.70 bits per heavy atom. The minimum absolute atomic E-state index is 0.150. The predicted octanol–water partition coefficient (Wildman–Crippen LogP) is 6.83. The fraction of sp³-hybridized carbons (Fsp3) is 0.0909. The number of aromatic nitrogens is 2. The van der Waals surface area contributed by atoms with Crippen molar-refractivity contribution in [3.8, 4) is 11.5 Å². The Bertz CT molecular complexity index is 1210. The molecule has 4 rings (SSSR count). The molecule has 0 fully saturated rings. The van der Waals surface area contributed by atoms with E-state index >= 15 is 0 Å². The van der Waals surface area contributed by atoms with Crippen LogP contribution >= 0.6 is 23.2 Å². The van der Waals surface area contributed by atoms with Gasteiger partial charge >= 0.3 is 0 Å². The third-order valence-electron chi connectivity index (χ3n) is 4.52. The van der Waals surface area contributed by atoms with Crippen LogP contribution in [0.3, 0.4) is 0 Å². The average Bonchev–Trinajstić information content (AvgIpc) is 3.19. The first kappa shape index (κ1) is 20.3. The van der Waals surface area contributed by atoms with Gasteiger partial charge in [0.25, 0.3) is 0 Å². The van der Waals surface area contributed by atoms with Crippen molar-refractivity contribution in [3.63, 3.8) is 0 Å². The van der Waals surface area contributed by atoms with Crippen LogP contribution in [0.15, 0.2) is 65.1 Å². The number of halogens is 4. The molecule has 8 heteroatoms. The second kappa shape index (κ2) is 8.42. The Hall–Kier alpha value is -2.96. The first-order chi connectivity index (χ1) is 14.4. The lowest BCUT2D eigenvalue weighted by Gasteiger charge is -2.19. The van der Waals surface area contributed by atoms with Gasteiger partial charge in [-0.1, -0.05) is 41.4 Å². The Balaban J connectivity index is 1.76. The molecule has 0 radical (unpaired) electrons. The summed E-state index contributed by atoms with van der Waals surface area (Å²) in [5, 5.41) is 12.2. The molecule has 0 bridgehead atoms. The van der Waals surface area contributed by atoms with E-state index in [-0.39, 0.29) is 16.8 Å². The van der Waals surface area contributed by atoms with Crippen molar-refractivity contribution in [2.75, 3.05) is 5.32 Å². The maximum absolute atomic E-state index is 13.6. The zero-order valence-electron chi connectivity index (χ0n) is 15.7. The summed E-state index contributed by atoms with van der Waals surface area (Å²) in [6.45, 7) is 1.89. The number of aryl methyl sites for hydroxylation is 1. The zero-order chi connectivity index (χ0) is 21.3. The molecule has 0 aliphatic rings. The fourth-order valence-electron chi connectivity index (χ4n) is 2.95. The highest BCUT2D eigenvalue weighted by Gasteiger charge is 2.24. The Kier molecular flexibility index (Phi) is 5.70. The maximum Gasteiger partial charge on any atom is 0.247 e. The number of anilines is 1. The molecule has 0 unspecified atom stereocenters. The van der Waals surface area contributed by atoms with Gasteiger partial charge < -0.3 is 9.73 Å². The lowest BCUT2D eigenvalue weighted by molar-refractivity contribution is 0.493. The molecule has 152 valence electrons. The van der Waals surface area contributed by atoms with E-state index in [1.165, 1.54) is 30.3 Å². The van der Waals surface area contributed by atoms with Crippen LogP contribution in [-0.2, 0) is 0 Å². The average molecular weight is 446 g/mol. The Labute approximate surface area is 181 Å². The van der Waals surface area contributed by atoms with Crippen molar-refractivity contribution in [2.45, 2.75) is 13.0 Å². The highest BCUT2D eigenvalue weighted by molar-refractivity contribution is 6.32. The summed E-state index contributed by atoms with van der Waals surface area (Å²) < 4.78 is 33.0. The normalized spacial score (nSPS) is 12.0. The van der Waals surface area contributed by atoms with Crippen molar-refractivity contribution in [3.05, 3.63) is 99.4 Å². The van der Waals surface area contributed by atoms with Crippen LogP contribution in [0.5, 0.6) is 0 Å². The van der Waals surface area contributed by atoms with Gasteiger partial charge in [-0.25, -0.2) is 8.78 Å². The van der Waals surface area contributed by atoms with E-state index in [9.17, 15) is 8.78 Å². The molecule has 0 saturated heterocycles. The predicted molar refractivity (Wildman–Crippen MR) is 113 cm³/mol. The van der Waals surface area contributed by atoms with E-state index in [4.69, 9.17) is 27.6 Å². The SMILES string of the molecule is Cc1ccc(N[C@@H](c2nnc(-c3cccc(F)c3)o2)c2ccc(F)cc2Cl)cc1Cl. The summed E-state index contributed by atoms with van der Waals surface area (Å²) in [6, 6.07) is 14.6. The largest absolute Gasteiger partial charge is 0.418 e. The second-order valence-corrected chi connectivity index (χ2v) is 7.48. The molecule has 1 atom stereocenters. The van der Waals surface area contributed by atoms with Crippen molar-refractivity contribution in [1.82, 2.24) is 10.2 Å². The van der Waals surface area contributed by atoms with Crippen molar-refractivity contribution in [1.29, 1.82) is 0 Å². The minimum atomic E-state index is -0.688. The molecule has 0 saturated carbocycles. The standard InChI is InChI=1S/C22H15Cl2F2N3O/c1-12-5-7-16(11-18(12)23)27-20(17-8-6-15(26)10-19(17)24)22-29-28-21(30-22)13-3-2-4-14(25)9-13/h2-11,20,27H,1H3/t20-/m1/s1. The van der Waals surface area contributed by atoms with Gasteiger partial charge in [0, 0.05) is 26.9 Å². The van der Waals surface area contributed by atoms with E-state index in [2.05, 4.69) is 15.5 Å². The van der Waals surface area contributed by atoms with Crippen LogP contribution in [0.1, 0.15) is 23.1 Å². The van der Waals surface area contributed by atoms with Gasteiger partial charge in [0.15, 0.2) is 0 Å². The highest BCUT2D eigenvalue weighted by atomic mass is 35.5. The van der Waals surface area contributed by atoms with Crippen LogP contribution in [-0.4, -0.2) is 10.2 Å². The highest BCUT2D eigenvalue weighted by Crippen LogP contribution is 2.33. The first-order valence-electron chi connectivity index (χ1n) is 8.97. The first-order valence-corrected chi connectivity index (χ1v) is 9.73. The van der Waals surface area contributed by atoms with Gasteiger partial charge in [-0.3, -0.25) is 0 Å². The summed E-state index contributed by atoms with van der Waals surface area (Å²) in [7, 11) is 0. The molecule has 0 aliphatic carbocycles. The lowest BCUT2D eigenvalue weighted by atomic mass is 10.1. The number of rotatable bonds is 5. The maximum atomic E-state index is 13.6. The van der Waals surface area contributed by atoms with Gasteiger partial charge in [0.2, 0.25) is 11.8 Å². The molecule has 4 nitrogen and oxygen atoms in total. The number of nitrogens with zero attached hydrogens (tertiary/aromatic N) is 2. The van der Waals surface area contributed by atoms with Gasteiger partial charge in [0.05, 0.1) is 0 Å². The van der Waals surface area contributed by atoms with Gasteiger partial charge in [-0.05, 0) is 55.0 Å². The third-order valence-corrected chi connectivity index (χ3v) is 5.25. The molecule has 1 aromatic heterocycles. The van der Waals surface area contributed by atoms with Crippen LogP contribution in [0.2, 0.25) is 10.0 Å². The summed E-state index contributed by atoms with van der Waals surface area (Å²) >= 11 is 12.5. The van der Waals surface area contributed by atoms with Crippen molar-refractivity contribution < 1.29 is 13.2 Å². The van der Waals surface area contributed by atoms with Crippen LogP contribution < -0.4 is 5.32 Å². The molecule has 4 aromatic rings. The number of nitrogens with one attached hydrogen (secondary N) is 1. The van der Waals surface area contributed by atoms with Crippen LogP contribution in [0, 0.1) is 18.6 Å². The van der Waals surface area contributed by atoms with E-state index < -0.39 is 17.7 Å². The van der Waals surface area contributed by atoms with Crippen molar-refractivity contribution >= 4 is 28.9 Å². The van der Waals surface area contributed by atoms with Gasteiger partial charge in [-0.15, -0.1) is 10.2 Å². The number of benzene rings is 3. The van der Waals surface area contributed by atoms with Crippen LogP contribution in [0.4, 0.5) is 14.5 Å². The van der Waals surface area contributed by atoms with E-state index in [1.807, 2.05) is 19.1 Å². The molecule has 0 spiro atoms. The fourth-order valence-corrected chi connectivity index (χ4v) is 3.40. The Morgan fingerprint density at radius 1 is 0.900 bits per heavy atom. The molecular formula is C22H15Cl2F2N3O. The monoisotopic (exact) mass is 445 g/mol. The van der Waals surface area contributed by atoms with Gasteiger partial charge in [0.1, 0.15) is 17.7 Å². The second-order valence-electron chi connectivity index (χ2n) is 6.66. The summed E-state index contributed by atoms with van der Waals surface area (Å²) in [4.78, 5) is 0. The summed E-state index contributed by atoms with van der Waals surface area (Å²) in [5.41, 5.74) is 2.58. The molecule has 1 N–H and O–H groups in total. The third kappa shape index (κ3) is 4.30. The Morgan fingerprint density at radius 3 is 2.43 bits per heavy atom. The quantitative estimate of drug-likeness (QED) is 0.365. The molecule has 30 heavy (non-hydrogen) atoms. The van der Waals surface area contributed by atoms with Gasteiger partial charge in [-0.2, -0.15) is 0 Å². The molecule has 3 aromatic carbocycles. The molecule has 0 aliphatic heterocycles. The van der Waals surface area contributed by atoms with Crippen LogP contribution in [0.25, 0.3) is 11.5 Å². The topological polar surface area (TPSA) is 51.0 Å². The van der Waals surface area contributed by atoms with E-state index in [0.717, 1.165) is 5.56 Å².